The van der Waals surface area contributed by atoms with Gasteiger partial charge in [0.05, 0.1) is 0 Å². The van der Waals surface area contributed by atoms with E-state index in [9.17, 15) is 9.90 Å². The molecule has 1 saturated carbocycles. The van der Waals surface area contributed by atoms with Crippen molar-refractivity contribution < 1.29 is 9.90 Å². The first-order valence-electron chi connectivity index (χ1n) is 9.28. The minimum absolute atomic E-state index is 0.282. The van der Waals surface area contributed by atoms with Gasteiger partial charge in [0.2, 0.25) is 5.91 Å². The molecular weight excluding hydrogens is 286 g/mol. The van der Waals surface area contributed by atoms with Crippen molar-refractivity contribution in [3.05, 3.63) is 29.8 Å². The molecule has 126 valence electrons. The molecule has 0 radical (unpaired) electrons. The maximum absolute atomic E-state index is 12.4. The summed E-state index contributed by atoms with van der Waals surface area (Å²) < 4.78 is 0. The number of aromatic hydroxyl groups is 1. The number of phenols is 1. The molecule has 0 spiro atoms. The summed E-state index contributed by atoms with van der Waals surface area (Å²) in [5.41, 5.74) is 1.12. The fraction of sp³-hybridized carbons (Fsp3) is 0.650. The van der Waals surface area contributed by atoms with Gasteiger partial charge in [0.25, 0.3) is 0 Å². The van der Waals surface area contributed by atoms with Gasteiger partial charge in [0.15, 0.2) is 0 Å². The molecule has 3 nitrogen and oxygen atoms in total. The Morgan fingerprint density at radius 1 is 0.957 bits per heavy atom. The number of amides is 1. The van der Waals surface area contributed by atoms with Crippen LogP contribution in [0.25, 0.3) is 0 Å². The third-order valence-corrected chi connectivity index (χ3v) is 5.77. The highest BCUT2D eigenvalue weighted by Gasteiger charge is 2.28. The van der Waals surface area contributed by atoms with Crippen LogP contribution in [0.1, 0.15) is 56.9 Å². The smallest absolute Gasteiger partial charge is 0.222 e. The molecule has 1 aromatic carbocycles. The van der Waals surface area contributed by atoms with Crippen LogP contribution in [0.15, 0.2) is 24.3 Å². The summed E-state index contributed by atoms with van der Waals surface area (Å²) in [5.74, 6) is 2.36. The molecule has 0 unspecified atom stereocenters. The van der Waals surface area contributed by atoms with E-state index < -0.39 is 0 Å². The molecular formula is C20H29NO2. The molecule has 1 saturated heterocycles. The maximum Gasteiger partial charge on any atom is 0.222 e. The van der Waals surface area contributed by atoms with E-state index in [1.165, 1.54) is 44.9 Å². The van der Waals surface area contributed by atoms with E-state index in [0.29, 0.717) is 12.3 Å². The van der Waals surface area contributed by atoms with Crippen LogP contribution in [-0.2, 0) is 11.2 Å². The molecule has 2 aliphatic rings. The van der Waals surface area contributed by atoms with E-state index in [0.717, 1.165) is 36.9 Å². The van der Waals surface area contributed by atoms with E-state index in [1.807, 2.05) is 12.1 Å². The largest absolute Gasteiger partial charge is 0.508 e. The lowest BCUT2D eigenvalue weighted by Gasteiger charge is -2.37. The van der Waals surface area contributed by atoms with Crippen LogP contribution in [0.5, 0.6) is 5.75 Å². The molecule has 3 heteroatoms. The van der Waals surface area contributed by atoms with Gasteiger partial charge in [-0.3, -0.25) is 4.79 Å². The van der Waals surface area contributed by atoms with Crippen molar-refractivity contribution in [3.63, 3.8) is 0 Å². The van der Waals surface area contributed by atoms with Gasteiger partial charge in [-0.2, -0.15) is 0 Å². The summed E-state index contributed by atoms with van der Waals surface area (Å²) in [5, 5.41) is 9.30. The Morgan fingerprint density at radius 3 is 2.22 bits per heavy atom. The number of aryl methyl sites for hydroxylation is 1. The average Bonchev–Trinajstić information content (AvgIpc) is 2.62. The standard InChI is InChI=1S/C20H29NO2/c22-19-9-6-16(7-10-19)8-11-20(23)21-14-12-18(13-15-21)17-4-2-1-3-5-17/h6-7,9-10,17-18,22H,1-5,8,11-15H2. The molecule has 1 amide bonds. The van der Waals surface area contributed by atoms with Crippen LogP contribution in [-0.4, -0.2) is 29.0 Å². The molecule has 2 fully saturated rings. The van der Waals surface area contributed by atoms with Gasteiger partial charge in [0, 0.05) is 19.5 Å². The zero-order chi connectivity index (χ0) is 16.1. The molecule has 0 aromatic heterocycles. The lowest BCUT2D eigenvalue weighted by Crippen LogP contribution is -2.40. The molecule has 0 bridgehead atoms. The summed E-state index contributed by atoms with van der Waals surface area (Å²) >= 11 is 0. The lowest BCUT2D eigenvalue weighted by molar-refractivity contribution is -0.132. The quantitative estimate of drug-likeness (QED) is 0.907. The molecule has 1 aromatic rings. The minimum Gasteiger partial charge on any atom is -0.508 e. The molecule has 1 aliphatic heterocycles. The van der Waals surface area contributed by atoms with E-state index in [4.69, 9.17) is 0 Å². The predicted molar refractivity (Wildman–Crippen MR) is 92.3 cm³/mol. The van der Waals surface area contributed by atoms with E-state index in [2.05, 4.69) is 4.90 Å². The predicted octanol–water partition coefficient (Wildman–Crippen LogP) is 4.14. The van der Waals surface area contributed by atoms with Crippen molar-refractivity contribution in [1.29, 1.82) is 0 Å². The zero-order valence-electron chi connectivity index (χ0n) is 14.0. The Hall–Kier alpha value is -1.51. The van der Waals surface area contributed by atoms with Crippen LogP contribution in [0.4, 0.5) is 0 Å². The highest BCUT2D eigenvalue weighted by atomic mass is 16.3. The summed E-state index contributed by atoms with van der Waals surface area (Å²) in [6.45, 7) is 1.91. The van der Waals surface area contributed by atoms with Gasteiger partial charge in [-0.05, 0) is 48.8 Å². The average molecular weight is 315 g/mol. The second kappa shape index (κ2) is 7.85. The van der Waals surface area contributed by atoms with Crippen molar-refractivity contribution in [2.24, 2.45) is 11.8 Å². The summed E-state index contributed by atoms with van der Waals surface area (Å²) in [7, 11) is 0. The van der Waals surface area contributed by atoms with Gasteiger partial charge in [-0.1, -0.05) is 44.2 Å². The summed E-state index contributed by atoms with van der Waals surface area (Å²) in [6.07, 6.45) is 10.8. The Kier molecular flexibility index (Phi) is 5.58. The van der Waals surface area contributed by atoms with E-state index in [-0.39, 0.29) is 5.75 Å². The van der Waals surface area contributed by atoms with Gasteiger partial charge in [-0.15, -0.1) is 0 Å². The Labute approximate surface area is 139 Å². The van der Waals surface area contributed by atoms with Crippen LogP contribution in [0.3, 0.4) is 0 Å². The maximum atomic E-state index is 12.4. The molecule has 1 aliphatic carbocycles. The number of piperidine rings is 1. The number of likely N-dealkylation sites (tertiary alicyclic amines) is 1. The summed E-state index contributed by atoms with van der Waals surface area (Å²) in [6, 6.07) is 7.18. The zero-order valence-corrected chi connectivity index (χ0v) is 14.0. The van der Waals surface area contributed by atoms with Crippen LogP contribution in [0.2, 0.25) is 0 Å². The lowest BCUT2D eigenvalue weighted by atomic mass is 9.76. The first kappa shape index (κ1) is 16.4. The number of benzene rings is 1. The van der Waals surface area contributed by atoms with E-state index >= 15 is 0 Å². The number of hydrogen-bond donors (Lipinski definition) is 1. The fourth-order valence-electron chi connectivity index (χ4n) is 4.30. The summed E-state index contributed by atoms with van der Waals surface area (Å²) in [4.78, 5) is 14.5. The molecule has 3 rings (SSSR count). The number of carbonyl (C=O) groups excluding carboxylic acids is 1. The van der Waals surface area contributed by atoms with Gasteiger partial charge < -0.3 is 10.0 Å². The number of rotatable bonds is 4. The fourth-order valence-corrected chi connectivity index (χ4v) is 4.30. The minimum atomic E-state index is 0.282. The van der Waals surface area contributed by atoms with Crippen molar-refractivity contribution in [2.75, 3.05) is 13.1 Å². The molecule has 23 heavy (non-hydrogen) atoms. The number of phenolic OH excluding ortho intramolecular Hbond substituents is 1. The molecule has 1 heterocycles. The van der Waals surface area contributed by atoms with Crippen molar-refractivity contribution in [2.45, 2.75) is 57.8 Å². The molecule has 1 N–H and O–H groups in total. The monoisotopic (exact) mass is 315 g/mol. The van der Waals surface area contributed by atoms with Crippen molar-refractivity contribution >= 4 is 5.91 Å². The number of carbonyl (C=O) groups is 1. The third-order valence-electron chi connectivity index (χ3n) is 5.77. The SMILES string of the molecule is O=C(CCc1ccc(O)cc1)N1CCC(C2CCCCC2)CC1. The van der Waals surface area contributed by atoms with Gasteiger partial charge in [0.1, 0.15) is 5.75 Å². The number of hydrogen-bond acceptors (Lipinski definition) is 2. The first-order valence-corrected chi connectivity index (χ1v) is 9.28. The Balaban J connectivity index is 1.41. The van der Waals surface area contributed by atoms with Crippen LogP contribution >= 0.6 is 0 Å². The van der Waals surface area contributed by atoms with Gasteiger partial charge in [-0.25, -0.2) is 0 Å². The Bertz CT molecular complexity index is 497. The van der Waals surface area contributed by atoms with Gasteiger partial charge >= 0.3 is 0 Å². The van der Waals surface area contributed by atoms with Crippen molar-refractivity contribution in [1.82, 2.24) is 4.90 Å². The third kappa shape index (κ3) is 4.49. The van der Waals surface area contributed by atoms with E-state index in [1.54, 1.807) is 12.1 Å². The van der Waals surface area contributed by atoms with Crippen LogP contribution in [0, 0.1) is 11.8 Å². The number of nitrogens with zero attached hydrogens (tertiary/aromatic N) is 1. The normalized spacial score (nSPS) is 20.6. The highest BCUT2D eigenvalue weighted by Crippen LogP contribution is 2.35. The second-order valence-electron chi connectivity index (χ2n) is 7.28. The Morgan fingerprint density at radius 2 is 1.57 bits per heavy atom. The second-order valence-corrected chi connectivity index (χ2v) is 7.28. The van der Waals surface area contributed by atoms with Crippen LogP contribution < -0.4 is 0 Å². The highest BCUT2D eigenvalue weighted by molar-refractivity contribution is 5.76. The topological polar surface area (TPSA) is 40.5 Å². The van der Waals surface area contributed by atoms with Crippen molar-refractivity contribution in [3.8, 4) is 5.75 Å². The molecule has 0 atom stereocenters. The first-order chi connectivity index (χ1) is 11.2.